The summed E-state index contributed by atoms with van der Waals surface area (Å²) in [7, 11) is -3.61. The van der Waals surface area contributed by atoms with Gasteiger partial charge in [0.2, 0.25) is 10.0 Å². The third-order valence-corrected chi connectivity index (χ3v) is 5.56. The average Bonchev–Trinajstić information content (AvgIpc) is 2.31. The lowest BCUT2D eigenvalue weighted by molar-refractivity contribution is 0.500. The van der Waals surface area contributed by atoms with E-state index >= 15 is 0 Å². The molecular formula is C12H17Cl2NO2S. The Balaban J connectivity index is 3.18. The molecule has 1 rings (SSSR count). The van der Waals surface area contributed by atoms with Gasteiger partial charge in [-0.3, -0.25) is 0 Å². The van der Waals surface area contributed by atoms with Crippen molar-refractivity contribution >= 4 is 33.2 Å². The number of aryl methyl sites for hydroxylation is 2. The number of hydrogen-bond donors (Lipinski definition) is 1. The van der Waals surface area contributed by atoms with Gasteiger partial charge in [-0.15, -0.1) is 23.2 Å². The predicted molar refractivity (Wildman–Crippen MR) is 76.1 cm³/mol. The summed E-state index contributed by atoms with van der Waals surface area (Å²) < 4.78 is 27.2. The van der Waals surface area contributed by atoms with E-state index in [4.69, 9.17) is 23.2 Å². The Bertz CT molecular complexity index is 525. The van der Waals surface area contributed by atoms with Gasteiger partial charge in [-0.05, 0) is 38.0 Å². The monoisotopic (exact) mass is 309 g/mol. The summed E-state index contributed by atoms with van der Waals surface area (Å²) >= 11 is 11.5. The van der Waals surface area contributed by atoms with Gasteiger partial charge in [0.05, 0.1) is 10.4 Å². The van der Waals surface area contributed by atoms with E-state index in [0.29, 0.717) is 5.56 Å². The van der Waals surface area contributed by atoms with Gasteiger partial charge in [0.15, 0.2) is 0 Å². The molecule has 0 heterocycles. The number of halogens is 2. The normalized spacial score (nSPS) is 12.7. The van der Waals surface area contributed by atoms with Crippen LogP contribution in [0, 0.1) is 13.8 Å². The molecule has 0 atom stereocenters. The van der Waals surface area contributed by atoms with Crippen LogP contribution < -0.4 is 4.72 Å². The Morgan fingerprint density at radius 2 is 1.78 bits per heavy atom. The maximum absolute atomic E-state index is 12.3. The zero-order valence-corrected chi connectivity index (χ0v) is 13.0. The van der Waals surface area contributed by atoms with Gasteiger partial charge in [-0.25, -0.2) is 13.1 Å². The van der Waals surface area contributed by atoms with E-state index in [9.17, 15) is 8.42 Å². The minimum Gasteiger partial charge on any atom is -0.207 e. The Labute approximate surface area is 119 Å². The maximum atomic E-state index is 12.3. The molecule has 0 aliphatic carbocycles. The molecule has 0 fully saturated rings. The molecule has 0 bridgehead atoms. The molecular weight excluding hydrogens is 293 g/mol. The average molecular weight is 310 g/mol. The highest BCUT2D eigenvalue weighted by atomic mass is 35.5. The molecule has 0 radical (unpaired) electrons. The van der Waals surface area contributed by atoms with Crippen LogP contribution in [0.15, 0.2) is 23.1 Å². The molecule has 0 saturated heterocycles. The van der Waals surface area contributed by atoms with Crippen molar-refractivity contribution in [3.05, 3.63) is 29.3 Å². The first-order valence-corrected chi connectivity index (χ1v) is 8.02. The van der Waals surface area contributed by atoms with E-state index < -0.39 is 15.6 Å². The number of benzene rings is 1. The second-order valence-electron chi connectivity index (χ2n) is 4.70. The van der Waals surface area contributed by atoms with Gasteiger partial charge in [0.1, 0.15) is 0 Å². The van der Waals surface area contributed by atoms with E-state index in [1.807, 2.05) is 13.0 Å². The van der Waals surface area contributed by atoms with E-state index in [0.717, 1.165) is 5.56 Å². The van der Waals surface area contributed by atoms with E-state index in [2.05, 4.69) is 4.72 Å². The highest BCUT2D eigenvalue weighted by Crippen LogP contribution is 2.20. The van der Waals surface area contributed by atoms with Crippen LogP contribution in [-0.4, -0.2) is 25.7 Å². The SMILES string of the molecule is Cc1ccc(C)c(S(=O)(=O)NC(C)(CCl)CCl)c1. The first-order chi connectivity index (χ1) is 8.24. The minimum atomic E-state index is -3.61. The van der Waals surface area contributed by atoms with Crippen LogP contribution in [-0.2, 0) is 10.0 Å². The van der Waals surface area contributed by atoms with Crippen molar-refractivity contribution in [3.8, 4) is 0 Å². The van der Waals surface area contributed by atoms with Crippen LogP contribution in [0.1, 0.15) is 18.1 Å². The lowest BCUT2D eigenvalue weighted by Gasteiger charge is -2.26. The minimum absolute atomic E-state index is 0.112. The molecule has 0 aliphatic heterocycles. The number of rotatable bonds is 5. The molecule has 1 aromatic rings. The lowest BCUT2D eigenvalue weighted by atomic mass is 10.1. The molecule has 18 heavy (non-hydrogen) atoms. The summed E-state index contributed by atoms with van der Waals surface area (Å²) in [5.74, 6) is 0.223. The van der Waals surface area contributed by atoms with Crippen molar-refractivity contribution < 1.29 is 8.42 Å². The van der Waals surface area contributed by atoms with Gasteiger partial charge in [-0.2, -0.15) is 0 Å². The molecule has 6 heteroatoms. The molecule has 0 saturated carbocycles. The first-order valence-electron chi connectivity index (χ1n) is 5.47. The summed E-state index contributed by atoms with van der Waals surface area (Å²) in [6.45, 7) is 5.28. The van der Waals surface area contributed by atoms with Crippen molar-refractivity contribution in [2.24, 2.45) is 0 Å². The molecule has 0 aromatic heterocycles. The quantitative estimate of drug-likeness (QED) is 0.850. The van der Waals surface area contributed by atoms with Crippen molar-refractivity contribution in [2.45, 2.75) is 31.2 Å². The Kier molecular flexibility index (Phi) is 5.06. The second-order valence-corrected chi connectivity index (χ2v) is 6.89. The Morgan fingerprint density at radius 3 is 2.28 bits per heavy atom. The summed E-state index contributed by atoms with van der Waals surface area (Å²) in [5, 5.41) is 0. The summed E-state index contributed by atoms with van der Waals surface area (Å²) in [5.41, 5.74) is 0.733. The van der Waals surface area contributed by atoms with Crippen LogP contribution in [0.25, 0.3) is 0 Å². The highest BCUT2D eigenvalue weighted by molar-refractivity contribution is 7.89. The molecule has 0 aliphatic rings. The van der Waals surface area contributed by atoms with Crippen molar-refractivity contribution in [1.82, 2.24) is 4.72 Å². The number of alkyl halides is 2. The van der Waals surface area contributed by atoms with Gasteiger partial charge in [0, 0.05) is 11.8 Å². The molecule has 3 nitrogen and oxygen atoms in total. The Hall–Kier alpha value is -0.290. The Morgan fingerprint density at radius 1 is 1.22 bits per heavy atom. The fourth-order valence-corrected chi connectivity index (χ4v) is 3.78. The fraction of sp³-hybridized carbons (Fsp3) is 0.500. The topological polar surface area (TPSA) is 46.2 Å². The van der Waals surface area contributed by atoms with Gasteiger partial charge in [0.25, 0.3) is 0 Å². The predicted octanol–water partition coefficient (Wildman–Crippen LogP) is 2.82. The molecule has 102 valence electrons. The zero-order chi connectivity index (χ0) is 14.0. The number of hydrogen-bond acceptors (Lipinski definition) is 2. The van der Waals surface area contributed by atoms with Gasteiger partial charge >= 0.3 is 0 Å². The van der Waals surface area contributed by atoms with Crippen LogP contribution in [0.3, 0.4) is 0 Å². The van der Waals surface area contributed by atoms with E-state index in [1.54, 1.807) is 26.0 Å². The van der Waals surface area contributed by atoms with Gasteiger partial charge in [-0.1, -0.05) is 12.1 Å². The van der Waals surface area contributed by atoms with Crippen LogP contribution in [0.2, 0.25) is 0 Å². The number of sulfonamides is 1. The highest BCUT2D eigenvalue weighted by Gasteiger charge is 2.30. The van der Waals surface area contributed by atoms with E-state index in [-0.39, 0.29) is 16.7 Å². The summed E-state index contributed by atoms with van der Waals surface area (Å²) in [6, 6.07) is 5.29. The standard InChI is InChI=1S/C12H17Cl2NO2S/c1-9-4-5-10(2)11(6-9)18(16,17)15-12(3,7-13)8-14/h4-6,15H,7-8H2,1-3H3. The van der Waals surface area contributed by atoms with Crippen molar-refractivity contribution in [1.29, 1.82) is 0 Å². The lowest BCUT2D eigenvalue weighted by Crippen LogP contribution is -2.49. The third-order valence-electron chi connectivity index (χ3n) is 2.60. The molecule has 0 spiro atoms. The second kappa shape index (κ2) is 5.78. The molecule has 0 unspecified atom stereocenters. The molecule has 1 aromatic carbocycles. The molecule has 1 N–H and O–H groups in total. The van der Waals surface area contributed by atoms with Crippen molar-refractivity contribution in [2.75, 3.05) is 11.8 Å². The van der Waals surface area contributed by atoms with Gasteiger partial charge < -0.3 is 0 Å². The summed E-state index contributed by atoms with van der Waals surface area (Å²) in [6.07, 6.45) is 0. The largest absolute Gasteiger partial charge is 0.241 e. The zero-order valence-electron chi connectivity index (χ0n) is 10.6. The third kappa shape index (κ3) is 3.60. The molecule has 0 amide bonds. The van der Waals surface area contributed by atoms with E-state index in [1.165, 1.54) is 0 Å². The van der Waals surface area contributed by atoms with Crippen molar-refractivity contribution in [3.63, 3.8) is 0 Å². The fourth-order valence-electron chi connectivity index (χ4n) is 1.47. The van der Waals surface area contributed by atoms with Crippen LogP contribution in [0.4, 0.5) is 0 Å². The summed E-state index contributed by atoms with van der Waals surface area (Å²) in [4.78, 5) is 0.268. The first kappa shape index (κ1) is 15.8. The number of nitrogens with one attached hydrogen (secondary N) is 1. The van der Waals surface area contributed by atoms with Crippen LogP contribution >= 0.6 is 23.2 Å². The smallest absolute Gasteiger partial charge is 0.207 e. The van der Waals surface area contributed by atoms with Crippen LogP contribution in [0.5, 0.6) is 0 Å². The maximum Gasteiger partial charge on any atom is 0.241 e.